The first kappa shape index (κ1) is 38.7. The average molecular weight is 617 g/mol. The monoisotopic (exact) mass is 616 g/mol. The average Bonchev–Trinajstić information content (AvgIpc) is 3.39. The van der Waals surface area contributed by atoms with Crippen molar-refractivity contribution in [2.45, 2.75) is 142 Å². The van der Waals surface area contributed by atoms with E-state index >= 15 is 0 Å². The van der Waals surface area contributed by atoms with Crippen molar-refractivity contribution in [1.29, 1.82) is 0 Å². The normalized spacial score (nSPS) is 18.4. The van der Waals surface area contributed by atoms with Crippen molar-refractivity contribution < 1.29 is 18.3 Å². The number of allylic oxidation sites excluding steroid dienone is 8. The summed E-state index contributed by atoms with van der Waals surface area (Å²) in [6.45, 7) is 26.7. The van der Waals surface area contributed by atoms with Crippen molar-refractivity contribution in [1.82, 2.24) is 0 Å². The Bertz CT molecular complexity index is 908. The molecule has 42 heavy (non-hydrogen) atoms. The third-order valence-electron chi connectivity index (χ3n) is 8.49. The maximum Gasteiger partial charge on any atom is 0.192 e. The highest BCUT2D eigenvalue weighted by atomic mass is 28.4. The predicted octanol–water partition coefficient (Wildman–Crippen LogP) is 10.8. The molecule has 4 nitrogen and oxygen atoms in total. The Hall–Kier alpha value is -1.29. The highest BCUT2D eigenvalue weighted by molar-refractivity contribution is 6.74. The molecular formula is C36H64O4Si2. The van der Waals surface area contributed by atoms with E-state index in [4.69, 9.17) is 18.3 Å². The lowest BCUT2D eigenvalue weighted by atomic mass is 10.2. The molecule has 0 aromatic heterocycles. The van der Waals surface area contributed by atoms with Crippen LogP contribution in [0, 0.1) is 0 Å². The number of rotatable bonds is 18. The van der Waals surface area contributed by atoms with Crippen LogP contribution in [0.2, 0.25) is 36.3 Å². The molecule has 0 unspecified atom stereocenters. The Kier molecular flexibility index (Phi) is 17.7. The van der Waals surface area contributed by atoms with Gasteiger partial charge in [0.25, 0.3) is 0 Å². The Balaban J connectivity index is 2.86. The molecule has 240 valence electrons. The smallest absolute Gasteiger partial charge is 0.192 e. The predicted molar refractivity (Wildman–Crippen MR) is 188 cm³/mol. The van der Waals surface area contributed by atoms with E-state index < -0.39 is 16.6 Å². The zero-order valence-electron chi connectivity index (χ0n) is 29.0. The van der Waals surface area contributed by atoms with E-state index in [0.717, 1.165) is 38.5 Å². The van der Waals surface area contributed by atoms with E-state index in [9.17, 15) is 0 Å². The molecule has 1 heterocycles. The van der Waals surface area contributed by atoms with Crippen LogP contribution in [0.15, 0.2) is 72.9 Å². The quantitative estimate of drug-likeness (QED) is 0.0872. The van der Waals surface area contributed by atoms with Gasteiger partial charge in [-0.05, 0) is 68.4 Å². The fraction of sp³-hybridized carbons (Fsp3) is 0.667. The molecule has 6 heteroatoms. The van der Waals surface area contributed by atoms with Crippen LogP contribution in [0.1, 0.15) is 87.0 Å². The molecule has 2 atom stereocenters. The van der Waals surface area contributed by atoms with Gasteiger partial charge in [-0.25, -0.2) is 0 Å². The van der Waals surface area contributed by atoms with Gasteiger partial charge < -0.3 is 18.3 Å². The largest absolute Gasteiger partial charge is 0.410 e. The van der Waals surface area contributed by atoms with Gasteiger partial charge in [0.2, 0.25) is 0 Å². The van der Waals surface area contributed by atoms with Gasteiger partial charge in [0.15, 0.2) is 22.9 Å². The van der Waals surface area contributed by atoms with Crippen LogP contribution in [0.5, 0.6) is 0 Å². The second-order valence-electron chi connectivity index (χ2n) is 14.3. The summed E-state index contributed by atoms with van der Waals surface area (Å²) in [4.78, 5) is 0. The highest BCUT2D eigenvalue weighted by Crippen LogP contribution is 2.38. The zero-order valence-corrected chi connectivity index (χ0v) is 31.0. The lowest BCUT2D eigenvalue weighted by Crippen LogP contribution is -2.43. The van der Waals surface area contributed by atoms with Crippen molar-refractivity contribution >= 4 is 16.6 Å². The van der Waals surface area contributed by atoms with Gasteiger partial charge in [-0.2, -0.15) is 0 Å². The summed E-state index contributed by atoms with van der Waals surface area (Å²) in [6, 6.07) is 0. The topological polar surface area (TPSA) is 36.9 Å². The third-order valence-corrected chi connectivity index (χ3v) is 17.5. The van der Waals surface area contributed by atoms with E-state index in [1.165, 1.54) is 0 Å². The van der Waals surface area contributed by atoms with Crippen LogP contribution >= 0.6 is 0 Å². The Morgan fingerprint density at radius 3 is 1.57 bits per heavy atom. The Morgan fingerprint density at radius 1 is 0.667 bits per heavy atom. The van der Waals surface area contributed by atoms with Crippen LogP contribution in [0.25, 0.3) is 0 Å². The van der Waals surface area contributed by atoms with Crippen LogP contribution < -0.4 is 0 Å². The lowest BCUT2D eigenvalue weighted by molar-refractivity contribution is -0.0457. The van der Waals surface area contributed by atoms with Crippen molar-refractivity contribution in [2.24, 2.45) is 0 Å². The minimum absolute atomic E-state index is 0.0436. The molecule has 1 aliphatic heterocycles. The summed E-state index contributed by atoms with van der Waals surface area (Å²) in [5.41, 5.74) is 0. The maximum absolute atomic E-state index is 6.76. The second-order valence-corrected chi connectivity index (χ2v) is 23.8. The minimum Gasteiger partial charge on any atom is -0.410 e. The molecular weight excluding hydrogens is 553 g/mol. The molecule has 1 rings (SSSR count). The molecule has 0 bridgehead atoms. The van der Waals surface area contributed by atoms with Crippen molar-refractivity contribution in [3.8, 4) is 0 Å². The van der Waals surface area contributed by atoms with E-state index in [1.54, 1.807) is 0 Å². The third kappa shape index (κ3) is 16.0. The summed E-state index contributed by atoms with van der Waals surface area (Å²) in [6.07, 6.45) is 32.0. The van der Waals surface area contributed by atoms with E-state index in [1.807, 2.05) is 0 Å². The summed E-state index contributed by atoms with van der Waals surface area (Å²) in [5.74, 6) is 0. The molecule has 0 N–H and O–H groups in total. The number of hydrogen-bond acceptors (Lipinski definition) is 4. The van der Waals surface area contributed by atoms with Gasteiger partial charge in [0.05, 0.1) is 25.4 Å². The van der Waals surface area contributed by atoms with Crippen molar-refractivity contribution in [3.63, 3.8) is 0 Å². The Morgan fingerprint density at radius 2 is 1.12 bits per heavy atom. The first-order valence-corrected chi connectivity index (χ1v) is 22.0. The molecule has 0 radical (unpaired) electrons. The Labute approximate surface area is 262 Å². The fourth-order valence-electron chi connectivity index (χ4n) is 3.77. The molecule has 0 amide bonds. The minimum atomic E-state index is -1.90. The fourth-order valence-corrected chi connectivity index (χ4v) is 6.34. The van der Waals surface area contributed by atoms with Crippen LogP contribution in [-0.4, -0.2) is 48.3 Å². The summed E-state index contributed by atoms with van der Waals surface area (Å²) in [5, 5.41) is 0.343. The van der Waals surface area contributed by atoms with Crippen molar-refractivity contribution in [3.05, 3.63) is 72.9 Å². The van der Waals surface area contributed by atoms with Gasteiger partial charge in [-0.1, -0.05) is 121 Å². The standard InChI is InChI=1S/C36H64O4Si2/c1-12-13-14-15-16-20-25-32(39-41(8,9)35(2,3)4)26-21-17-18-22-27-33(40-42(10,11)36(5,6)7)28-23-19-24-29-34-37-30-31-38-34/h13-14,16-23,26-27,32-34H,12,15,24-25,28-31H2,1-11H3/b14-13-,18-17+,20-16-,23-19-,26-21-,27-22-/t32-,33-/m0/s1. The first-order valence-electron chi connectivity index (χ1n) is 16.1. The van der Waals surface area contributed by atoms with Gasteiger partial charge in [0, 0.05) is 6.42 Å². The summed E-state index contributed by atoms with van der Waals surface area (Å²) < 4.78 is 24.6. The highest BCUT2D eigenvalue weighted by Gasteiger charge is 2.39. The number of hydrogen-bond donors (Lipinski definition) is 0. The molecule has 0 aromatic rings. The molecule has 1 fully saturated rings. The summed E-state index contributed by atoms with van der Waals surface area (Å²) >= 11 is 0. The number of ether oxygens (including phenoxy) is 2. The molecule has 1 aliphatic rings. The van der Waals surface area contributed by atoms with E-state index in [-0.39, 0.29) is 28.6 Å². The zero-order chi connectivity index (χ0) is 31.7. The SMILES string of the molecule is CC/C=C\C/C=C\C[C@@H](\C=C/C=C/C=C\[C@@H](C/C=C\CCC1OCCO1)O[Si](C)(C)C(C)(C)C)O[Si](C)(C)C(C)(C)C. The second kappa shape index (κ2) is 19.2. The maximum atomic E-state index is 6.76. The van der Waals surface area contributed by atoms with E-state index in [2.05, 4.69) is 148 Å². The van der Waals surface area contributed by atoms with Gasteiger partial charge in [0.1, 0.15) is 0 Å². The molecule has 0 aromatic carbocycles. The molecule has 0 spiro atoms. The van der Waals surface area contributed by atoms with Crippen molar-refractivity contribution in [2.75, 3.05) is 13.2 Å². The summed E-state index contributed by atoms with van der Waals surface area (Å²) in [7, 11) is -3.77. The van der Waals surface area contributed by atoms with Crippen LogP contribution in [0.3, 0.4) is 0 Å². The first-order chi connectivity index (χ1) is 19.6. The van der Waals surface area contributed by atoms with Gasteiger partial charge in [-0.3, -0.25) is 0 Å². The molecule has 0 aliphatic carbocycles. The molecule has 0 saturated carbocycles. The van der Waals surface area contributed by atoms with Crippen LogP contribution in [-0.2, 0) is 18.3 Å². The lowest BCUT2D eigenvalue weighted by Gasteiger charge is -2.38. The molecule has 1 saturated heterocycles. The van der Waals surface area contributed by atoms with Crippen LogP contribution in [0.4, 0.5) is 0 Å². The van der Waals surface area contributed by atoms with Gasteiger partial charge in [-0.15, -0.1) is 0 Å². The van der Waals surface area contributed by atoms with Gasteiger partial charge >= 0.3 is 0 Å². The van der Waals surface area contributed by atoms with E-state index in [0.29, 0.717) is 13.2 Å².